The van der Waals surface area contributed by atoms with E-state index in [9.17, 15) is 19.1 Å². The van der Waals surface area contributed by atoms with Crippen LogP contribution in [0, 0.1) is 5.82 Å². The van der Waals surface area contributed by atoms with Gasteiger partial charge in [-0.2, -0.15) is 0 Å². The molecule has 1 fully saturated rings. The molecule has 0 radical (unpaired) electrons. The number of rotatable bonds is 7. The van der Waals surface area contributed by atoms with Gasteiger partial charge in [0.2, 0.25) is 5.91 Å². The molecule has 1 heterocycles. The summed E-state index contributed by atoms with van der Waals surface area (Å²) < 4.78 is 19.5. The van der Waals surface area contributed by atoms with Gasteiger partial charge in [-0.15, -0.1) is 0 Å². The zero-order valence-corrected chi connectivity index (χ0v) is 14.7. The highest BCUT2D eigenvalue weighted by molar-refractivity contribution is 8.15. The molecule has 0 aliphatic carbocycles. The average molecular weight is 375 g/mol. The fourth-order valence-electron chi connectivity index (χ4n) is 2.71. The normalized spacial score (nSPS) is 17.8. The van der Waals surface area contributed by atoms with Crippen molar-refractivity contribution in [2.75, 3.05) is 13.2 Å². The smallest absolute Gasteiger partial charge is 0.286 e. The van der Waals surface area contributed by atoms with Gasteiger partial charge in [0.05, 0.1) is 18.5 Å². The van der Waals surface area contributed by atoms with E-state index in [1.165, 1.54) is 6.07 Å². The van der Waals surface area contributed by atoms with Crippen molar-refractivity contribution in [3.63, 3.8) is 0 Å². The lowest BCUT2D eigenvalue weighted by Gasteiger charge is -2.16. The molecule has 1 saturated heterocycles. The summed E-state index contributed by atoms with van der Waals surface area (Å²) in [6.45, 7) is -0.0762. The first-order chi connectivity index (χ1) is 12.6. The van der Waals surface area contributed by atoms with Crippen molar-refractivity contribution in [2.45, 2.75) is 17.6 Å². The second-order valence-corrected chi connectivity index (χ2v) is 7.12. The van der Waals surface area contributed by atoms with E-state index in [0.717, 1.165) is 17.3 Å². The third-order valence-corrected chi connectivity index (χ3v) is 5.11. The summed E-state index contributed by atoms with van der Waals surface area (Å²) in [5.41, 5.74) is 1.33. The van der Waals surface area contributed by atoms with E-state index >= 15 is 0 Å². The molecule has 2 unspecified atom stereocenters. The van der Waals surface area contributed by atoms with Crippen LogP contribution in [0.5, 0.6) is 5.75 Å². The molecule has 1 aliphatic heterocycles. The minimum absolute atomic E-state index is 0.145. The van der Waals surface area contributed by atoms with Crippen molar-refractivity contribution in [1.82, 2.24) is 5.32 Å². The number of carbonyl (C=O) groups excluding carboxylic acids is 2. The van der Waals surface area contributed by atoms with E-state index in [0.29, 0.717) is 17.7 Å². The van der Waals surface area contributed by atoms with Crippen molar-refractivity contribution >= 4 is 22.9 Å². The maximum Gasteiger partial charge on any atom is 0.286 e. The summed E-state index contributed by atoms with van der Waals surface area (Å²) in [5.74, 6) is -0.507. The fraction of sp³-hybridized carbons (Fsp3) is 0.263. The summed E-state index contributed by atoms with van der Waals surface area (Å²) in [7, 11) is 0. The summed E-state index contributed by atoms with van der Waals surface area (Å²) in [4.78, 5) is 22.8. The summed E-state index contributed by atoms with van der Waals surface area (Å²) in [6, 6.07) is 13.5. The molecule has 26 heavy (non-hydrogen) atoms. The zero-order chi connectivity index (χ0) is 18.5. The largest absolute Gasteiger partial charge is 0.493 e. The van der Waals surface area contributed by atoms with Gasteiger partial charge in [-0.05, 0) is 35.7 Å². The van der Waals surface area contributed by atoms with E-state index < -0.39 is 11.2 Å². The Hall–Kier alpha value is -2.38. The summed E-state index contributed by atoms with van der Waals surface area (Å²) in [6.07, 6.45) is 0.455. The lowest BCUT2D eigenvalue weighted by Crippen LogP contribution is -2.25. The number of carbonyl (C=O) groups is 2. The van der Waals surface area contributed by atoms with Crippen LogP contribution in [-0.2, 0) is 11.2 Å². The average Bonchev–Trinajstić information content (AvgIpc) is 2.95. The Bertz CT molecular complexity index is 796. The van der Waals surface area contributed by atoms with Gasteiger partial charge in [0.15, 0.2) is 0 Å². The highest BCUT2D eigenvalue weighted by atomic mass is 32.2. The highest BCUT2D eigenvalue weighted by Gasteiger charge is 2.31. The molecular weight excluding hydrogens is 357 g/mol. The number of hydrogen-bond acceptors (Lipinski definition) is 5. The van der Waals surface area contributed by atoms with Gasteiger partial charge in [-0.3, -0.25) is 14.9 Å². The van der Waals surface area contributed by atoms with Crippen molar-refractivity contribution in [3.05, 3.63) is 65.5 Å². The predicted octanol–water partition coefficient (Wildman–Crippen LogP) is 2.87. The van der Waals surface area contributed by atoms with Crippen LogP contribution in [0.25, 0.3) is 0 Å². The molecule has 2 atom stereocenters. The number of thioether (sulfide) groups is 1. The van der Waals surface area contributed by atoms with Crippen LogP contribution in [0.1, 0.15) is 17.0 Å². The van der Waals surface area contributed by atoms with E-state index in [1.807, 2.05) is 12.1 Å². The molecule has 7 heteroatoms. The van der Waals surface area contributed by atoms with Gasteiger partial charge in [0, 0.05) is 5.92 Å². The van der Waals surface area contributed by atoms with Crippen LogP contribution in [0.3, 0.4) is 0 Å². The predicted molar refractivity (Wildman–Crippen MR) is 96.8 cm³/mol. The summed E-state index contributed by atoms with van der Waals surface area (Å²) in [5, 5.41) is 11.1. The SMILES string of the molecule is O=C1NC(=O)C(Cc2ccc(OCC(CO)c3ccccc3F)cc2)S1. The Morgan fingerprint density at radius 2 is 1.88 bits per heavy atom. The van der Waals surface area contributed by atoms with Gasteiger partial charge < -0.3 is 9.84 Å². The molecule has 0 saturated carbocycles. The Morgan fingerprint density at radius 1 is 1.15 bits per heavy atom. The van der Waals surface area contributed by atoms with Gasteiger partial charge in [0.1, 0.15) is 11.6 Å². The Balaban J connectivity index is 1.58. The number of aliphatic hydroxyl groups excluding tert-OH is 1. The monoisotopic (exact) mass is 375 g/mol. The molecule has 1 aliphatic rings. The number of hydrogen-bond donors (Lipinski definition) is 2. The Kier molecular flexibility index (Phi) is 5.90. The van der Waals surface area contributed by atoms with E-state index in [2.05, 4.69) is 5.32 Å². The van der Waals surface area contributed by atoms with Crippen molar-refractivity contribution in [3.8, 4) is 5.75 Å². The van der Waals surface area contributed by atoms with Crippen LogP contribution in [0.15, 0.2) is 48.5 Å². The van der Waals surface area contributed by atoms with Crippen LogP contribution in [-0.4, -0.2) is 34.7 Å². The number of aliphatic hydroxyl groups is 1. The second-order valence-electron chi connectivity index (χ2n) is 5.94. The van der Waals surface area contributed by atoms with Crippen LogP contribution < -0.4 is 10.1 Å². The fourth-order valence-corrected chi connectivity index (χ4v) is 3.57. The minimum Gasteiger partial charge on any atom is -0.493 e. The van der Waals surface area contributed by atoms with Crippen molar-refractivity contribution in [1.29, 1.82) is 0 Å². The third kappa shape index (κ3) is 4.42. The molecule has 2 N–H and O–H groups in total. The first-order valence-corrected chi connectivity index (χ1v) is 9.03. The molecule has 0 spiro atoms. The highest BCUT2D eigenvalue weighted by Crippen LogP contribution is 2.25. The number of ether oxygens (including phenoxy) is 1. The number of nitrogens with one attached hydrogen (secondary N) is 1. The number of amides is 2. The minimum atomic E-state index is -0.458. The number of benzene rings is 2. The second kappa shape index (κ2) is 8.33. The lowest BCUT2D eigenvalue weighted by molar-refractivity contribution is -0.118. The molecule has 3 rings (SSSR count). The molecular formula is C19H18FNO4S. The summed E-state index contributed by atoms with van der Waals surface area (Å²) >= 11 is 0.995. The molecule has 0 aromatic heterocycles. The molecule has 136 valence electrons. The van der Waals surface area contributed by atoms with Gasteiger partial charge >= 0.3 is 0 Å². The van der Waals surface area contributed by atoms with Crippen LogP contribution in [0.4, 0.5) is 9.18 Å². The maximum atomic E-state index is 13.8. The Morgan fingerprint density at radius 3 is 2.50 bits per heavy atom. The molecule has 0 bridgehead atoms. The molecule has 5 nitrogen and oxygen atoms in total. The first-order valence-electron chi connectivity index (χ1n) is 8.15. The molecule has 2 aromatic carbocycles. The number of imide groups is 1. The van der Waals surface area contributed by atoms with E-state index in [1.54, 1.807) is 30.3 Å². The van der Waals surface area contributed by atoms with E-state index in [-0.39, 0.29) is 30.2 Å². The maximum absolute atomic E-state index is 13.8. The topological polar surface area (TPSA) is 75.6 Å². The van der Waals surface area contributed by atoms with Crippen LogP contribution >= 0.6 is 11.8 Å². The van der Waals surface area contributed by atoms with Crippen molar-refractivity contribution in [2.24, 2.45) is 0 Å². The Labute approximate surface area is 154 Å². The molecule has 2 aromatic rings. The quantitative estimate of drug-likeness (QED) is 0.778. The van der Waals surface area contributed by atoms with Gasteiger partial charge in [-0.1, -0.05) is 42.1 Å². The molecule has 2 amide bonds. The van der Waals surface area contributed by atoms with E-state index in [4.69, 9.17) is 4.74 Å². The van der Waals surface area contributed by atoms with Crippen LogP contribution in [0.2, 0.25) is 0 Å². The standard InChI is InChI=1S/C19H18FNO4S/c20-16-4-2-1-3-15(16)13(10-22)11-25-14-7-5-12(6-8-14)9-17-18(23)21-19(24)26-17/h1-8,13,17,22H,9-11H2,(H,21,23,24). The van der Waals surface area contributed by atoms with Gasteiger partial charge in [0.25, 0.3) is 5.24 Å². The third-order valence-electron chi connectivity index (χ3n) is 4.13. The zero-order valence-electron chi connectivity index (χ0n) is 13.9. The lowest BCUT2D eigenvalue weighted by atomic mass is 10.0. The van der Waals surface area contributed by atoms with Crippen molar-refractivity contribution < 1.29 is 23.8 Å². The first kappa shape index (κ1) is 18.4. The van der Waals surface area contributed by atoms with Gasteiger partial charge in [-0.25, -0.2) is 4.39 Å². The number of halogens is 1.